The van der Waals surface area contributed by atoms with E-state index >= 15 is 0 Å². The summed E-state index contributed by atoms with van der Waals surface area (Å²) in [7, 11) is 0. The summed E-state index contributed by atoms with van der Waals surface area (Å²) in [6.45, 7) is 6.75. The first-order chi connectivity index (χ1) is 12.6. The fourth-order valence-corrected chi connectivity index (χ4v) is 5.15. The monoisotopic (exact) mass is 373 g/mol. The molecule has 140 valence electrons. The van der Waals surface area contributed by atoms with Crippen LogP contribution in [0.1, 0.15) is 53.7 Å². The Morgan fingerprint density at radius 3 is 2.81 bits per heavy atom. The molecule has 1 amide bonds. The molecule has 7 heteroatoms. The molecule has 2 N–H and O–H groups in total. The molecule has 0 spiro atoms. The highest BCUT2D eigenvalue weighted by molar-refractivity contribution is 7.10. The van der Waals surface area contributed by atoms with Crippen molar-refractivity contribution in [2.75, 3.05) is 13.1 Å². The third kappa shape index (κ3) is 3.69. The van der Waals surface area contributed by atoms with Gasteiger partial charge in [0.15, 0.2) is 5.82 Å². The first-order valence-corrected chi connectivity index (χ1v) is 10.4. The molecular formula is C19H27N5OS. The van der Waals surface area contributed by atoms with Crippen molar-refractivity contribution in [1.29, 1.82) is 0 Å². The van der Waals surface area contributed by atoms with Crippen LogP contribution in [0.15, 0.2) is 11.4 Å². The van der Waals surface area contributed by atoms with E-state index in [1.54, 1.807) is 11.3 Å². The fraction of sp³-hybridized carbons (Fsp3) is 0.632. The summed E-state index contributed by atoms with van der Waals surface area (Å²) in [6.07, 6.45) is 4.41. The Kier molecular flexibility index (Phi) is 5.09. The molecule has 0 aromatic carbocycles. The molecule has 0 radical (unpaired) electrons. The van der Waals surface area contributed by atoms with Gasteiger partial charge in [0.25, 0.3) is 0 Å². The van der Waals surface area contributed by atoms with Crippen LogP contribution < -0.4 is 5.32 Å². The number of nitrogens with zero attached hydrogens (tertiary/aromatic N) is 3. The van der Waals surface area contributed by atoms with Crippen molar-refractivity contribution in [3.63, 3.8) is 0 Å². The normalized spacial score (nSPS) is 24.4. The van der Waals surface area contributed by atoms with Gasteiger partial charge in [-0.15, -0.1) is 11.3 Å². The van der Waals surface area contributed by atoms with Crippen LogP contribution in [0.2, 0.25) is 0 Å². The minimum atomic E-state index is 0.0820. The summed E-state index contributed by atoms with van der Waals surface area (Å²) >= 11 is 1.81. The lowest BCUT2D eigenvalue weighted by Crippen LogP contribution is -2.42. The molecule has 26 heavy (non-hydrogen) atoms. The van der Waals surface area contributed by atoms with Gasteiger partial charge in [-0.25, -0.2) is 4.98 Å². The molecule has 0 bridgehead atoms. The zero-order valence-corrected chi connectivity index (χ0v) is 16.3. The van der Waals surface area contributed by atoms with Crippen molar-refractivity contribution in [3.8, 4) is 0 Å². The van der Waals surface area contributed by atoms with Crippen molar-refractivity contribution < 1.29 is 4.79 Å². The molecule has 2 aromatic heterocycles. The number of aromatic nitrogens is 3. The maximum atomic E-state index is 12.7. The van der Waals surface area contributed by atoms with Gasteiger partial charge in [0.1, 0.15) is 5.82 Å². The second-order valence-corrected chi connectivity index (χ2v) is 8.70. The first kappa shape index (κ1) is 17.7. The Morgan fingerprint density at radius 2 is 2.15 bits per heavy atom. The third-order valence-corrected chi connectivity index (χ3v) is 6.74. The Bertz CT molecular complexity index is 764. The minimum absolute atomic E-state index is 0.0820. The number of carbonyl (C=O) groups excluding carboxylic acids is 1. The number of nitrogens with one attached hydrogen (secondary N) is 2. The lowest BCUT2D eigenvalue weighted by molar-refractivity contribution is -0.125. The summed E-state index contributed by atoms with van der Waals surface area (Å²) in [6, 6.07) is 2.25. The topological polar surface area (TPSA) is 73.9 Å². The highest BCUT2D eigenvalue weighted by Gasteiger charge is 2.38. The largest absolute Gasteiger partial charge is 0.351 e. The summed E-state index contributed by atoms with van der Waals surface area (Å²) < 4.78 is 0. The number of thiophene rings is 1. The Morgan fingerprint density at radius 1 is 1.35 bits per heavy atom. The Balaban J connectivity index is 1.48. The summed E-state index contributed by atoms with van der Waals surface area (Å²) in [5.74, 6) is 2.21. The number of hydrogen-bond acceptors (Lipinski definition) is 5. The summed E-state index contributed by atoms with van der Waals surface area (Å²) in [5.41, 5.74) is 1.35. The molecule has 4 rings (SSSR count). The average molecular weight is 374 g/mol. The number of carbonyl (C=O) groups is 1. The van der Waals surface area contributed by atoms with Crippen LogP contribution in [0.25, 0.3) is 0 Å². The SMILES string of the molecule is Cc1nc([C@@H]2CN(Cc3sccc3C)C[C@H]2NC(=O)C2CCCC2)n[nH]1. The third-order valence-electron chi connectivity index (χ3n) is 5.73. The van der Waals surface area contributed by atoms with Gasteiger partial charge in [-0.3, -0.25) is 14.8 Å². The zero-order valence-electron chi connectivity index (χ0n) is 15.5. The van der Waals surface area contributed by atoms with Gasteiger partial charge in [-0.2, -0.15) is 5.10 Å². The molecule has 6 nitrogen and oxygen atoms in total. The maximum absolute atomic E-state index is 12.7. The van der Waals surface area contributed by atoms with Gasteiger partial charge in [-0.05, 0) is 43.7 Å². The van der Waals surface area contributed by atoms with E-state index in [1.807, 2.05) is 6.92 Å². The summed E-state index contributed by atoms with van der Waals surface area (Å²) in [4.78, 5) is 21.1. The predicted octanol–water partition coefficient (Wildman–Crippen LogP) is 2.76. The molecule has 2 fully saturated rings. The van der Waals surface area contributed by atoms with Crippen molar-refractivity contribution >= 4 is 17.2 Å². The van der Waals surface area contributed by atoms with Crippen LogP contribution in [-0.4, -0.2) is 45.1 Å². The van der Waals surface area contributed by atoms with Crippen molar-refractivity contribution in [2.24, 2.45) is 5.92 Å². The van der Waals surface area contributed by atoms with Crippen LogP contribution in [0.3, 0.4) is 0 Å². The standard InChI is InChI=1S/C19H27N5OS/c1-12-7-8-26-17(12)11-24-9-15(18-20-13(2)22-23-18)16(10-24)21-19(25)14-5-3-4-6-14/h7-8,14-16H,3-6,9-11H2,1-2H3,(H,21,25)(H,20,22,23)/t15-,16-/m1/s1. The van der Waals surface area contributed by atoms with E-state index in [4.69, 9.17) is 0 Å². The molecular weight excluding hydrogens is 346 g/mol. The van der Waals surface area contributed by atoms with Gasteiger partial charge in [0, 0.05) is 30.4 Å². The van der Waals surface area contributed by atoms with E-state index in [2.05, 4.69) is 43.8 Å². The number of H-pyrrole nitrogens is 1. The molecule has 1 saturated heterocycles. The van der Waals surface area contributed by atoms with Crippen LogP contribution in [-0.2, 0) is 11.3 Å². The van der Waals surface area contributed by atoms with Crippen molar-refractivity contribution in [1.82, 2.24) is 25.4 Å². The number of rotatable bonds is 5. The first-order valence-electron chi connectivity index (χ1n) is 9.54. The number of likely N-dealkylation sites (tertiary alicyclic amines) is 1. The van der Waals surface area contributed by atoms with Crippen LogP contribution in [0, 0.1) is 19.8 Å². The van der Waals surface area contributed by atoms with Gasteiger partial charge in [0.2, 0.25) is 5.91 Å². The molecule has 3 heterocycles. The molecule has 0 unspecified atom stereocenters. The lowest BCUT2D eigenvalue weighted by Gasteiger charge is -2.20. The van der Waals surface area contributed by atoms with E-state index in [0.717, 1.165) is 44.1 Å². The Labute approximate surface area is 158 Å². The van der Waals surface area contributed by atoms with E-state index in [9.17, 15) is 4.79 Å². The van der Waals surface area contributed by atoms with E-state index in [1.165, 1.54) is 23.3 Å². The van der Waals surface area contributed by atoms with Gasteiger partial charge in [0.05, 0.1) is 12.0 Å². The number of aryl methyl sites for hydroxylation is 2. The molecule has 1 aliphatic carbocycles. The summed E-state index contributed by atoms with van der Waals surface area (Å²) in [5, 5.41) is 12.8. The number of aromatic amines is 1. The van der Waals surface area contributed by atoms with Crippen molar-refractivity contribution in [3.05, 3.63) is 33.5 Å². The molecule has 1 saturated carbocycles. The second-order valence-electron chi connectivity index (χ2n) is 7.70. The highest BCUT2D eigenvalue weighted by Crippen LogP contribution is 2.30. The minimum Gasteiger partial charge on any atom is -0.351 e. The smallest absolute Gasteiger partial charge is 0.223 e. The van der Waals surface area contributed by atoms with E-state index in [-0.39, 0.29) is 23.8 Å². The van der Waals surface area contributed by atoms with Crippen LogP contribution in [0.5, 0.6) is 0 Å². The fourth-order valence-electron chi connectivity index (χ4n) is 4.21. The van der Waals surface area contributed by atoms with Crippen LogP contribution >= 0.6 is 11.3 Å². The Hall–Kier alpha value is -1.73. The number of hydrogen-bond donors (Lipinski definition) is 2. The van der Waals surface area contributed by atoms with Crippen molar-refractivity contribution in [2.45, 2.75) is 58.0 Å². The van der Waals surface area contributed by atoms with E-state index < -0.39 is 0 Å². The maximum Gasteiger partial charge on any atom is 0.223 e. The molecule has 2 aromatic rings. The molecule has 1 aliphatic heterocycles. The zero-order chi connectivity index (χ0) is 18.1. The number of amides is 1. The van der Waals surface area contributed by atoms with E-state index in [0.29, 0.717) is 0 Å². The molecule has 2 aliphatic rings. The second kappa shape index (κ2) is 7.48. The van der Waals surface area contributed by atoms with Gasteiger partial charge in [-0.1, -0.05) is 12.8 Å². The lowest BCUT2D eigenvalue weighted by atomic mass is 10.0. The molecule has 2 atom stereocenters. The van der Waals surface area contributed by atoms with Crippen LogP contribution in [0.4, 0.5) is 0 Å². The van der Waals surface area contributed by atoms with Gasteiger partial charge >= 0.3 is 0 Å². The predicted molar refractivity (Wildman–Crippen MR) is 102 cm³/mol. The highest BCUT2D eigenvalue weighted by atomic mass is 32.1. The average Bonchev–Trinajstić information content (AvgIpc) is 3.37. The van der Waals surface area contributed by atoms with Gasteiger partial charge < -0.3 is 5.32 Å². The quantitative estimate of drug-likeness (QED) is 0.845.